The number of anilines is 1. The first kappa shape index (κ1) is 20.9. The van der Waals surface area contributed by atoms with E-state index in [1.54, 1.807) is 66.7 Å². The van der Waals surface area contributed by atoms with Crippen LogP contribution in [0.15, 0.2) is 71.8 Å². The number of hydrazone groups is 1. The SMILES string of the molecule is COc1cc(/C=N/NC(=O)c2ccccc2N)ccc1OC(=O)c1ccc(Cl)cc1. The fourth-order valence-electron chi connectivity index (χ4n) is 2.52. The number of nitrogens with two attached hydrogens (primary N) is 1. The summed E-state index contributed by atoms with van der Waals surface area (Å²) >= 11 is 5.83. The molecule has 152 valence electrons. The van der Waals surface area contributed by atoms with E-state index >= 15 is 0 Å². The van der Waals surface area contributed by atoms with Crippen molar-refractivity contribution in [1.82, 2.24) is 5.43 Å². The Morgan fingerprint density at radius 3 is 2.47 bits per heavy atom. The molecular formula is C22H18ClN3O4. The second-order valence-electron chi connectivity index (χ2n) is 6.09. The topological polar surface area (TPSA) is 103 Å². The van der Waals surface area contributed by atoms with Crippen molar-refractivity contribution in [2.45, 2.75) is 0 Å². The summed E-state index contributed by atoms with van der Waals surface area (Å²) in [6, 6.07) is 17.9. The van der Waals surface area contributed by atoms with Crippen LogP contribution in [-0.4, -0.2) is 25.2 Å². The third kappa shape index (κ3) is 5.15. The molecule has 0 saturated carbocycles. The van der Waals surface area contributed by atoms with Crippen LogP contribution >= 0.6 is 11.6 Å². The highest BCUT2D eigenvalue weighted by Gasteiger charge is 2.13. The molecule has 30 heavy (non-hydrogen) atoms. The predicted molar refractivity (Wildman–Crippen MR) is 115 cm³/mol. The summed E-state index contributed by atoms with van der Waals surface area (Å²) in [5, 5.41) is 4.45. The van der Waals surface area contributed by atoms with Gasteiger partial charge in [0.25, 0.3) is 5.91 Å². The molecule has 3 rings (SSSR count). The van der Waals surface area contributed by atoms with Crippen molar-refractivity contribution in [3.8, 4) is 11.5 Å². The second-order valence-corrected chi connectivity index (χ2v) is 6.53. The lowest BCUT2D eigenvalue weighted by Crippen LogP contribution is -2.19. The van der Waals surface area contributed by atoms with Gasteiger partial charge >= 0.3 is 5.97 Å². The Balaban J connectivity index is 1.68. The minimum Gasteiger partial charge on any atom is -0.493 e. The third-order valence-corrected chi connectivity index (χ3v) is 4.31. The Morgan fingerprint density at radius 1 is 1.03 bits per heavy atom. The van der Waals surface area contributed by atoms with Gasteiger partial charge in [-0.3, -0.25) is 4.79 Å². The molecule has 8 heteroatoms. The number of nitrogens with zero attached hydrogens (tertiary/aromatic N) is 1. The smallest absolute Gasteiger partial charge is 0.343 e. The van der Waals surface area contributed by atoms with Crippen LogP contribution in [-0.2, 0) is 0 Å². The highest BCUT2D eigenvalue weighted by molar-refractivity contribution is 6.30. The summed E-state index contributed by atoms with van der Waals surface area (Å²) in [5.41, 5.74) is 9.85. The van der Waals surface area contributed by atoms with Crippen molar-refractivity contribution >= 4 is 35.4 Å². The van der Waals surface area contributed by atoms with Gasteiger partial charge in [0.1, 0.15) is 0 Å². The van der Waals surface area contributed by atoms with Gasteiger partial charge in [0, 0.05) is 10.7 Å². The van der Waals surface area contributed by atoms with Crippen LogP contribution < -0.4 is 20.6 Å². The van der Waals surface area contributed by atoms with Gasteiger partial charge in [-0.05, 0) is 60.2 Å². The molecular weight excluding hydrogens is 406 g/mol. The van der Waals surface area contributed by atoms with E-state index < -0.39 is 11.9 Å². The number of esters is 1. The zero-order valence-corrected chi connectivity index (χ0v) is 16.7. The van der Waals surface area contributed by atoms with Gasteiger partial charge in [-0.1, -0.05) is 23.7 Å². The molecule has 3 aromatic rings. The van der Waals surface area contributed by atoms with Crippen LogP contribution in [0.1, 0.15) is 26.3 Å². The van der Waals surface area contributed by atoms with Gasteiger partial charge in [-0.15, -0.1) is 0 Å². The average Bonchev–Trinajstić information content (AvgIpc) is 2.75. The van der Waals surface area contributed by atoms with Crippen LogP contribution in [0.25, 0.3) is 0 Å². The van der Waals surface area contributed by atoms with Crippen molar-refractivity contribution < 1.29 is 19.1 Å². The van der Waals surface area contributed by atoms with Gasteiger partial charge in [-0.25, -0.2) is 10.2 Å². The van der Waals surface area contributed by atoms with Gasteiger partial charge < -0.3 is 15.2 Å². The quantitative estimate of drug-likeness (QED) is 0.206. The van der Waals surface area contributed by atoms with Gasteiger partial charge in [-0.2, -0.15) is 5.10 Å². The van der Waals surface area contributed by atoms with Crippen molar-refractivity contribution in [1.29, 1.82) is 0 Å². The summed E-state index contributed by atoms with van der Waals surface area (Å²) < 4.78 is 10.7. The van der Waals surface area contributed by atoms with Gasteiger partial charge in [0.15, 0.2) is 11.5 Å². The molecule has 0 spiro atoms. The van der Waals surface area contributed by atoms with Crippen LogP contribution in [0.3, 0.4) is 0 Å². The maximum absolute atomic E-state index is 12.3. The summed E-state index contributed by atoms with van der Waals surface area (Å²) in [6.07, 6.45) is 1.43. The maximum atomic E-state index is 12.3. The van der Waals surface area contributed by atoms with E-state index in [-0.39, 0.29) is 5.75 Å². The second kappa shape index (κ2) is 9.58. The summed E-state index contributed by atoms with van der Waals surface area (Å²) in [4.78, 5) is 24.4. The number of para-hydroxylation sites is 1. The molecule has 0 radical (unpaired) electrons. The van der Waals surface area contributed by atoms with E-state index in [1.165, 1.54) is 13.3 Å². The van der Waals surface area contributed by atoms with Crippen molar-refractivity contribution in [2.24, 2.45) is 5.10 Å². The largest absolute Gasteiger partial charge is 0.493 e. The number of carbonyl (C=O) groups excluding carboxylic acids is 2. The van der Waals surface area contributed by atoms with Crippen LogP contribution in [0, 0.1) is 0 Å². The van der Waals surface area contributed by atoms with E-state index in [4.69, 9.17) is 26.8 Å². The van der Waals surface area contributed by atoms with E-state index in [0.29, 0.717) is 33.1 Å². The number of amides is 1. The minimum absolute atomic E-state index is 0.246. The first-order valence-electron chi connectivity index (χ1n) is 8.81. The molecule has 0 aliphatic rings. The zero-order chi connectivity index (χ0) is 21.5. The van der Waals surface area contributed by atoms with Crippen LogP contribution in [0.5, 0.6) is 11.5 Å². The molecule has 0 unspecified atom stereocenters. The number of nitrogens with one attached hydrogen (secondary N) is 1. The molecule has 3 N–H and O–H groups in total. The summed E-state index contributed by atoms with van der Waals surface area (Å²) in [5.74, 6) is -0.389. The van der Waals surface area contributed by atoms with E-state index in [1.807, 2.05) is 0 Å². The van der Waals surface area contributed by atoms with Crippen LogP contribution in [0.4, 0.5) is 5.69 Å². The number of carbonyl (C=O) groups is 2. The fourth-order valence-corrected chi connectivity index (χ4v) is 2.65. The summed E-state index contributed by atoms with van der Waals surface area (Å²) in [7, 11) is 1.45. The number of hydrogen-bond donors (Lipinski definition) is 2. The standard InChI is InChI=1S/C22H18ClN3O4/c1-29-20-12-14(13-25-26-21(27)17-4-2-3-5-18(17)24)6-11-19(20)30-22(28)15-7-9-16(23)10-8-15/h2-13H,24H2,1H3,(H,26,27)/b25-13+. The molecule has 0 fully saturated rings. The molecule has 0 atom stereocenters. The Morgan fingerprint density at radius 2 is 1.77 bits per heavy atom. The molecule has 0 aliphatic heterocycles. The molecule has 0 bridgehead atoms. The highest BCUT2D eigenvalue weighted by atomic mass is 35.5. The Kier molecular flexibility index (Phi) is 6.67. The molecule has 0 aromatic heterocycles. The lowest BCUT2D eigenvalue weighted by molar-refractivity contribution is 0.0729. The Labute approximate surface area is 178 Å². The third-order valence-electron chi connectivity index (χ3n) is 4.06. The number of benzene rings is 3. The number of ether oxygens (including phenoxy) is 2. The van der Waals surface area contributed by atoms with Crippen molar-refractivity contribution in [3.63, 3.8) is 0 Å². The molecule has 0 aliphatic carbocycles. The monoisotopic (exact) mass is 423 g/mol. The van der Waals surface area contributed by atoms with Crippen molar-refractivity contribution in [2.75, 3.05) is 12.8 Å². The van der Waals surface area contributed by atoms with Crippen molar-refractivity contribution in [3.05, 3.63) is 88.4 Å². The van der Waals surface area contributed by atoms with Crippen LogP contribution in [0.2, 0.25) is 5.02 Å². The summed E-state index contributed by atoms with van der Waals surface area (Å²) in [6.45, 7) is 0. The highest BCUT2D eigenvalue weighted by Crippen LogP contribution is 2.28. The van der Waals surface area contributed by atoms with E-state index in [0.717, 1.165) is 0 Å². The molecule has 1 amide bonds. The van der Waals surface area contributed by atoms with Gasteiger partial charge in [0.2, 0.25) is 0 Å². The predicted octanol–water partition coefficient (Wildman–Crippen LogP) is 3.91. The lowest BCUT2D eigenvalue weighted by atomic mass is 10.2. The number of halogens is 1. The van der Waals surface area contributed by atoms with E-state index in [9.17, 15) is 9.59 Å². The Bertz CT molecular complexity index is 1100. The number of hydrogen-bond acceptors (Lipinski definition) is 6. The van der Waals surface area contributed by atoms with E-state index in [2.05, 4.69) is 10.5 Å². The number of methoxy groups -OCH3 is 1. The number of rotatable bonds is 6. The minimum atomic E-state index is -0.543. The zero-order valence-electron chi connectivity index (χ0n) is 16.0. The molecule has 3 aromatic carbocycles. The fraction of sp³-hybridized carbons (Fsp3) is 0.0455. The molecule has 0 heterocycles. The normalized spacial score (nSPS) is 10.6. The first-order chi connectivity index (χ1) is 14.5. The average molecular weight is 424 g/mol. The molecule has 0 saturated heterocycles. The number of nitrogen functional groups attached to an aromatic ring is 1. The lowest BCUT2D eigenvalue weighted by Gasteiger charge is -2.10. The first-order valence-corrected chi connectivity index (χ1v) is 9.19. The molecule has 7 nitrogen and oxygen atoms in total. The Hall–Kier alpha value is -3.84. The van der Waals surface area contributed by atoms with Gasteiger partial charge in [0.05, 0.1) is 24.5 Å². The maximum Gasteiger partial charge on any atom is 0.343 e.